The molecule has 0 bridgehead atoms. The van der Waals surface area contributed by atoms with E-state index >= 15 is 0 Å². The number of aromatic nitrogens is 2. The van der Waals surface area contributed by atoms with Gasteiger partial charge in [0.25, 0.3) is 0 Å². The molecular weight excluding hydrogens is 661 g/mol. The van der Waals surface area contributed by atoms with Crippen molar-refractivity contribution in [2.45, 2.75) is 37.2 Å². The van der Waals surface area contributed by atoms with E-state index in [1.165, 1.54) is 14.1 Å². The van der Waals surface area contributed by atoms with E-state index < -0.39 is 59.9 Å². The summed E-state index contributed by atoms with van der Waals surface area (Å²) in [5.41, 5.74) is 4.14. The monoisotopic (exact) mass is 720 g/mol. The molecule has 4 rings (SSSR count). The first-order valence-electron chi connectivity index (χ1n) is 20.3. The molecule has 0 aliphatic heterocycles. The lowest BCUT2D eigenvalue weighted by Gasteiger charge is -2.08. The largest absolute Gasteiger partial charge is 0.481 e. The Morgan fingerprint density at radius 3 is 1.40 bits per heavy atom. The van der Waals surface area contributed by atoms with E-state index in [-0.39, 0.29) is 50.3 Å². The molecule has 2 aromatic carbocycles. The first-order chi connectivity index (χ1) is 27.3. The minimum absolute atomic E-state index is 0.180. The quantitative estimate of drug-likeness (QED) is 0.106. The number of likely N-dealkylation sites (N-methyl/N-ethyl adjacent to an activating group) is 2. The van der Waals surface area contributed by atoms with Gasteiger partial charge in [0, 0.05) is 63.7 Å². The Bertz CT molecular complexity index is 2100. The van der Waals surface area contributed by atoms with E-state index in [0.29, 0.717) is 20.9 Å². The standard InChI is InChI=1S/2C14H21N3O2S.C4H6O4/c2*1-15-20(18,19)10-11-4-5-14-13(8-11)12(9-16-14)6-7-17(2)3;5-3(6)1-2-4(7)8/h2*4-5,8-9,15-16H,6-7,10H2,1-3H3;1-2H2,(H,5,6)(H,7,8)/i2*2D3,3D3;. The molecule has 0 saturated carbocycles. The Hall–Kier alpha value is -3.80. The number of fused-ring (bicyclic) bond motifs is 2. The number of benzene rings is 2. The van der Waals surface area contributed by atoms with E-state index in [1.807, 2.05) is 0 Å². The van der Waals surface area contributed by atoms with Crippen LogP contribution in [0.2, 0.25) is 0 Å². The summed E-state index contributed by atoms with van der Waals surface area (Å²) in [6, 6.07) is 10.3. The van der Waals surface area contributed by atoms with Crippen molar-refractivity contribution in [3.8, 4) is 0 Å². The topological polar surface area (TPSA) is 205 Å². The molecule has 266 valence electrons. The lowest BCUT2D eigenvalue weighted by Crippen LogP contribution is -2.20. The number of carboxylic acids is 2. The maximum absolute atomic E-state index is 11.7. The third-order valence-electron chi connectivity index (χ3n) is 6.76. The molecule has 2 aromatic heterocycles. The van der Waals surface area contributed by atoms with Crippen LogP contribution in [0.25, 0.3) is 21.8 Å². The molecule has 14 nitrogen and oxygen atoms in total. The molecule has 0 atom stereocenters. The number of aliphatic carboxylic acids is 2. The highest BCUT2D eigenvalue weighted by Crippen LogP contribution is 2.22. The van der Waals surface area contributed by atoms with Crippen molar-refractivity contribution in [2.24, 2.45) is 0 Å². The van der Waals surface area contributed by atoms with Gasteiger partial charge in [-0.2, -0.15) is 0 Å². The predicted molar refractivity (Wildman–Crippen MR) is 189 cm³/mol. The third-order valence-corrected chi connectivity index (χ3v) is 9.43. The van der Waals surface area contributed by atoms with Gasteiger partial charge in [-0.25, -0.2) is 26.3 Å². The molecule has 0 spiro atoms. The fourth-order valence-corrected chi connectivity index (χ4v) is 5.83. The summed E-state index contributed by atoms with van der Waals surface area (Å²) in [5, 5.41) is 17.3. The number of hydrogen-bond acceptors (Lipinski definition) is 8. The molecule has 2 heterocycles. The van der Waals surface area contributed by atoms with E-state index in [2.05, 4.69) is 19.4 Å². The average Bonchev–Trinajstić information content (AvgIpc) is 3.68. The van der Waals surface area contributed by atoms with Gasteiger partial charge >= 0.3 is 11.9 Å². The first kappa shape index (κ1) is 25.2. The smallest absolute Gasteiger partial charge is 0.303 e. The summed E-state index contributed by atoms with van der Waals surface area (Å²) in [6.07, 6.45) is 3.15. The number of sulfonamides is 2. The Morgan fingerprint density at radius 1 is 0.708 bits per heavy atom. The molecule has 0 radical (unpaired) electrons. The number of rotatable bonds is 15. The Labute approximate surface area is 299 Å². The second-order valence-corrected chi connectivity index (χ2v) is 14.3. The number of H-pyrrole nitrogens is 2. The van der Waals surface area contributed by atoms with Crippen molar-refractivity contribution < 1.29 is 53.1 Å². The van der Waals surface area contributed by atoms with Gasteiger partial charge in [-0.15, -0.1) is 0 Å². The van der Waals surface area contributed by atoms with Crippen LogP contribution in [0.1, 0.15) is 51.5 Å². The number of nitrogens with zero attached hydrogens (tertiary/aromatic N) is 2. The Kier molecular flexibility index (Phi) is 9.80. The summed E-state index contributed by atoms with van der Waals surface area (Å²) in [5.74, 6) is -2.51. The van der Waals surface area contributed by atoms with Crippen molar-refractivity contribution in [2.75, 3.05) is 55.1 Å². The predicted octanol–water partition coefficient (Wildman–Crippen LogP) is 2.58. The Morgan fingerprint density at radius 2 is 1.08 bits per heavy atom. The van der Waals surface area contributed by atoms with Crippen molar-refractivity contribution in [3.05, 3.63) is 71.0 Å². The molecule has 0 unspecified atom stereocenters. The summed E-state index contributed by atoms with van der Waals surface area (Å²) < 4.78 is 140. The summed E-state index contributed by atoms with van der Waals surface area (Å²) >= 11 is 0. The molecule has 6 N–H and O–H groups in total. The van der Waals surface area contributed by atoms with Gasteiger partial charge in [0.2, 0.25) is 20.0 Å². The number of aromatic amines is 2. The van der Waals surface area contributed by atoms with E-state index in [4.69, 9.17) is 26.7 Å². The molecule has 16 heteroatoms. The van der Waals surface area contributed by atoms with Crippen LogP contribution in [0.15, 0.2) is 48.8 Å². The average molecular weight is 721 g/mol. The SMILES string of the molecule is O=C(O)CCC(=O)O.[2H]C([2H])([2H])N(CCc1c[nH]c2ccc(CS(=O)(=O)NC)cc12)C([2H])([2H])[2H].[2H]C([2H])([2H])N(CCc1c[nH]c2ccc(CS(=O)(=O)NC)cc12)C([2H])([2H])[2H]. The lowest BCUT2D eigenvalue weighted by molar-refractivity contribution is -0.143. The van der Waals surface area contributed by atoms with Gasteiger partial charge < -0.3 is 30.0 Å². The highest BCUT2D eigenvalue weighted by atomic mass is 32.2. The van der Waals surface area contributed by atoms with Gasteiger partial charge in [-0.3, -0.25) is 9.59 Å². The zero-order valence-electron chi connectivity index (χ0n) is 38.3. The van der Waals surface area contributed by atoms with Crippen LogP contribution < -0.4 is 9.44 Å². The molecule has 0 aliphatic carbocycles. The highest BCUT2D eigenvalue weighted by molar-refractivity contribution is 7.88. The molecular formula is C32H48N6O8S2. The number of nitrogens with one attached hydrogen (secondary N) is 4. The maximum Gasteiger partial charge on any atom is 0.303 e. The number of carboxylic acid groups (broad SMARTS) is 2. The molecule has 0 aliphatic rings. The summed E-state index contributed by atoms with van der Waals surface area (Å²) in [4.78, 5) is 26.4. The molecule has 0 saturated heterocycles. The van der Waals surface area contributed by atoms with Gasteiger partial charge in [0.05, 0.1) is 24.3 Å². The zero-order valence-corrected chi connectivity index (χ0v) is 28.0. The third kappa shape index (κ3) is 14.1. The second-order valence-electron chi connectivity index (χ2n) is 10.4. The number of carbonyl (C=O) groups is 2. The van der Waals surface area contributed by atoms with Crippen LogP contribution in [0.3, 0.4) is 0 Å². The van der Waals surface area contributed by atoms with E-state index in [0.717, 1.165) is 32.9 Å². The van der Waals surface area contributed by atoms with Crippen molar-refractivity contribution in [1.29, 1.82) is 0 Å². The minimum Gasteiger partial charge on any atom is -0.481 e. The Balaban J connectivity index is 0.000000350. The van der Waals surface area contributed by atoms with Crippen molar-refractivity contribution in [1.82, 2.24) is 29.2 Å². The molecule has 48 heavy (non-hydrogen) atoms. The fraction of sp³-hybridized carbons (Fsp3) is 0.438. The lowest BCUT2D eigenvalue weighted by atomic mass is 10.1. The van der Waals surface area contributed by atoms with Gasteiger partial charge in [-0.1, -0.05) is 12.1 Å². The molecule has 0 fully saturated rings. The maximum atomic E-state index is 11.7. The second kappa shape index (κ2) is 18.7. The van der Waals surface area contributed by atoms with Gasteiger partial charge in [0.15, 0.2) is 0 Å². The summed E-state index contributed by atoms with van der Waals surface area (Å²) in [7, 11) is -4.16. The first-order valence-corrected chi connectivity index (χ1v) is 17.6. The summed E-state index contributed by atoms with van der Waals surface area (Å²) in [6.45, 7) is -11.3. The fourth-order valence-electron chi connectivity index (χ4n) is 4.31. The molecule has 0 amide bonds. The molecule has 4 aromatic rings. The van der Waals surface area contributed by atoms with Crippen LogP contribution in [0.5, 0.6) is 0 Å². The van der Waals surface area contributed by atoms with Gasteiger partial charge in [-0.05, 0) is 101 Å². The highest BCUT2D eigenvalue weighted by Gasteiger charge is 2.12. The number of hydrogen-bond donors (Lipinski definition) is 6. The van der Waals surface area contributed by atoms with Gasteiger partial charge in [0.1, 0.15) is 0 Å². The van der Waals surface area contributed by atoms with Crippen molar-refractivity contribution >= 4 is 53.8 Å². The van der Waals surface area contributed by atoms with Crippen LogP contribution in [0, 0.1) is 0 Å². The van der Waals surface area contributed by atoms with Crippen LogP contribution in [-0.4, -0.2) is 114 Å². The normalized spacial score (nSPS) is 16.5. The van der Waals surface area contributed by atoms with Crippen LogP contribution in [-0.2, 0) is 54.0 Å². The van der Waals surface area contributed by atoms with Crippen LogP contribution >= 0.6 is 0 Å². The zero-order chi connectivity index (χ0) is 46.1. The van der Waals surface area contributed by atoms with E-state index in [1.54, 1.807) is 48.8 Å². The van der Waals surface area contributed by atoms with E-state index in [9.17, 15) is 26.4 Å². The van der Waals surface area contributed by atoms with Crippen LogP contribution in [0.4, 0.5) is 0 Å². The minimum atomic E-state index is -3.42. The van der Waals surface area contributed by atoms with Crippen molar-refractivity contribution in [3.63, 3.8) is 0 Å².